The van der Waals surface area contributed by atoms with Gasteiger partial charge in [-0.25, -0.2) is 4.79 Å². The summed E-state index contributed by atoms with van der Waals surface area (Å²) in [7, 11) is 0. The van der Waals surface area contributed by atoms with E-state index in [-0.39, 0.29) is 5.91 Å². The Bertz CT molecular complexity index is 537. The van der Waals surface area contributed by atoms with E-state index in [1.807, 2.05) is 24.3 Å². The van der Waals surface area contributed by atoms with Crippen LogP contribution in [0.25, 0.3) is 0 Å². The Morgan fingerprint density at radius 2 is 1.80 bits per heavy atom. The van der Waals surface area contributed by atoms with E-state index in [9.17, 15) is 9.59 Å². The molecule has 0 bridgehead atoms. The van der Waals surface area contributed by atoms with Crippen LogP contribution in [0.3, 0.4) is 0 Å². The number of rotatable bonds is 2. The van der Waals surface area contributed by atoms with Crippen molar-refractivity contribution in [1.29, 1.82) is 0 Å². The minimum atomic E-state index is -0.985. The van der Waals surface area contributed by atoms with Crippen molar-refractivity contribution < 1.29 is 14.3 Å². The van der Waals surface area contributed by atoms with Crippen LogP contribution in [0, 0.1) is 0 Å². The van der Waals surface area contributed by atoms with E-state index in [0.717, 1.165) is 37.6 Å². The van der Waals surface area contributed by atoms with Crippen LogP contribution in [0.15, 0.2) is 24.3 Å². The zero-order valence-corrected chi connectivity index (χ0v) is 11.3. The number of ether oxygens (including phenoxy) is 1. The van der Waals surface area contributed by atoms with Crippen molar-refractivity contribution >= 4 is 17.6 Å². The highest BCUT2D eigenvalue weighted by Gasteiger charge is 2.43. The number of imide groups is 1. The summed E-state index contributed by atoms with van der Waals surface area (Å²) >= 11 is 0. The van der Waals surface area contributed by atoms with Crippen LogP contribution in [-0.2, 0) is 15.1 Å². The molecule has 0 unspecified atom stereocenters. The van der Waals surface area contributed by atoms with Crippen LogP contribution < -0.4 is 15.5 Å². The fourth-order valence-electron chi connectivity index (χ4n) is 2.57. The van der Waals surface area contributed by atoms with E-state index in [1.54, 1.807) is 6.92 Å². The summed E-state index contributed by atoms with van der Waals surface area (Å²) in [5, 5.41) is 4.93. The average Bonchev–Trinajstić information content (AvgIpc) is 2.74. The molecule has 3 amide bonds. The first-order valence-corrected chi connectivity index (χ1v) is 6.66. The summed E-state index contributed by atoms with van der Waals surface area (Å²) in [4.78, 5) is 25.4. The number of carbonyl (C=O) groups is 2. The topological polar surface area (TPSA) is 70.7 Å². The van der Waals surface area contributed by atoms with Crippen molar-refractivity contribution in [2.45, 2.75) is 12.5 Å². The quantitative estimate of drug-likeness (QED) is 0.775. The van der Waals surface area contributed by atoms with Gasteiger partial charge in [0, 0.05) is 18.8 Å². The lowest BCUT2D eigenvalue weighted by atomic mass is 9.92. The molecule has 6 nitrogen and oxygen atoms in total. The molecule has 1 aromatic rings. The predicted octanol–water partition coefficient (Wildman–Crippen LogP) is 0.578. The summed E-state index contributed by atoms with van der Waals surface area (Å²) in [5.74, 6) is -0.318. The predicted molar refractivity (Wildman–Crippen MR) is 73.5 cm³/mol. The van der Waals surface area contributed by atoms with Crippen LogP contribution in [0.2, 0.25) is 0 Å². The normalized spacial score (nSPS) is 26.4. The number of nitrogens with zero attached hydrogens (tertiary/aromatic N) is 1. The second-order valence-electron chi connectivity index (χ2n) is 5.18. The third-order valence-corrected chi connectivity index (χ3v) is 3.87. The minimum absolute atomic E-state index is 0.318. The molecule has 6 heteroatoms. The molecule has 20 heavy (non-hydrogen) atoms. The fraction of sp³-hybridized carbons (Fsp3) is 0.429. The van der Waals surface area contributed by atoms with Gasteiger partial charge in [0.05, 0.1) is 13.2 Å². The Balaban J connectivity index is 1.82. The maximum absolute atomic E-state index is 11.9. The van der Waals surface area contributed by atoms with Gasteiger partial charge < -0.3 is 15.0 Å². The van der Waals surface area contributed by atoms with Crippen molar-refractivity contribution in [2.24, 2.45) is 0 Å². The number of nitrogens with one attached hydrogen (secondary N) is 2. The number of urea groups is 1. The lowest BCUT2D eigenvalue weighted by Crippen LogP contribution is -2.40. The number of anilines is 1. The molecule has 2 aliphatic rings. The van der Waals surface area contributed by atoms with E-state index in [2.05, 4.69) is 15.5 Å². The van der Waals surface area contributed by atoms with E-state index in [1.165, 1.54) is 0 Å². The van der Waals surface area contributed by atoms with Crippen LogP contribution in [0.1, 0.15) is 12.5 Å². The Kier molecular flexibility index (Phi) is 3.10. The fourth-order valence-corrected chi connectivity index (χ4v) is 2.57. The van der Waals surface area contributed by atoms with E-state index in [4.69, 9.17) is 4.74 Å². The first-order valence-electron chi connectivity index (χ1n) is 6.66. The minimum Gasteiger partial charge on any atom is -0.378 e. The molecule has 2 heterocycles. The zero-order chi connectivity index (χ0) is 14.2. The SMILES string of the molecule is C[C@]1(c2ccc(N3CCOCC3)cc2)NC(=O)NC1=O. The maximum atomic E-state index is 11.9. The largest absolute Gasteiger partial charge is 0.378 e. The second kappa shape index (κ2) is 4.79. The first-order chi connectivity index (χ1) is 9.59. The highest BCUT2D eigenvalue weighted by molar-refractivity contribution is 6.07. The molecule has 2 saturated heterocycles. The number of hydrogen-bond donors (Lipinski definition) is 2. The molecule has 0 radical (unpaired) electrons. The Hall–Kier alpha value is -2.08. The van der Waals surface area contributed by atoms with Crippen molar-refractivity contribution in [3.8, 4) is 0 Å². The first kappa shape index (κ1) is 12.9. The Morgan fingerprint density at radius 3 is 2.35 bits per heavy atom. The number of morpholine rings is 1. The molecule has 2 aliphatic heterocycles. The van der Waals surface area contributed by atoms with Gasteiger partial charge in [0.2, 0.25) is 0 Å². The standard InChI is InChI=1S/C14H17N3O3/c1-14(12(18)15-13(19)16-14)10-2-4-11(5-3-10)17-6-8-20-9-7-17/h2-5H,6-9H2,1H3,(H2,15,16,18,19)/t14-/m1/s1. The third-order valence-electron chi connectivity index (χ3n) is 3.87. The Morgan fingerprint density at radius 1 is 1.15 bits per heavy atom. The van der Waals surface area contributed by atoms with Gasteiger partial charge in [0.25, 0.3) is 5.91 Å². The van der Waals surface area contributed by atoms with Gasteiger partial charge in [-0.1, -0.05) is 12.1 Å². The van der Waals surface area contributed by atoms with E-state index < -0.39 is 11.6 Å². The highest BCUT2D eigenvalue weighted by atomic mass is 16.5. The lowest BCUT2D eigenvalue weighted by molar-refractivity contribution is -0.123. The van der Waals surface area contributed by atoms with Gasteiger partial charge in [-0.3, -0.25) is 10.1 Å². The smallest absolute Gasteiger partial charge is 0.322 e. The maximum Gasteiger partial charge on any atom is 0.322 e. The zero-order valence-electron chi connectivity index (χ0n) is 11.3. The molecular weight excluding hydrogens is 258 g/mol. The number of carbonyl (C=O) groups excluding carboxylic acids is 2. The third kappa shape index (κ3) is 2.12. The number of hydrogen-bond acceptors (Lipinski definition) is 4. The van der Waals surface area contributed by atoms with Gasteiger partial charge >= 0.3 is 6.03 Å². The molecular formula is C14H17N3O3. The van der Waals surface area contributed by atoms with Gasteiger partial charge in [0.1, 0.15) is 5.54 Å². The summed E-state index contributed by atoms with van der Waals surface area (Å²) in [6, 6.07) is 7.27. The monoisotopic (exact) mass is 275 g/mol. The van der Waals surface area contributed by atoms with Crippen molar-refractivity contribution in [3.63, 3.8) is 0 Å². The molecule has 106 valence electrons. The van der Waals surface area contributed by atoms with Gasteiger partial charge in [-0.05, 0) is 24.6 Å². The molecule has 3 rings (SSSR count). The van der Waals surface area contributed by atoms with Crippen LogP contribution in [0.5, 0.6) is 0 Å². The van der Waals surface area contributed by atoms with E-state index >= 15 is 0 Å². The van der Waals surface area contributed by atoms with Crippen LogP contribution >= 0.6 is 0 Å². The molecule has 0 aliphatic carbocycles. The summed E-state index contributed by atoms with van der Waals surface area (Å²) < 4.78 is 5.33. The molecule has 2 N–H and O–H groups in total. The summed E-state index contributed by atoms with van der Waals surface area (Å²) in [5.41, 5.74) is 0.893. The van der Waals surface area contributed by atoms with Gasteiger partial charge in [-0.15, -0.1) is 0 Å². The van der Waals surface area contributed by atoms with E-state index in [0.29, 0.717) is 0 Å². The molecule has 0 aromatic heterocycles. The molecule has 2 fully saturated rings. The van der Waals surface area contributed by atoms with Gasteiger partial charge in [0.15, 0.2) is 0 Å². The van der Waals surface area contributed by atoms with Crippen LogP contribution in [-0.4, -0.2) is 38.2 Å². The molecule has 1 aromatic carbocycles. The lowest BCUT2D eigenvalue weighted by Gasteiger charge is -2.29. The average molecular weight is 275 g/mol. The van der Waals surface area contributed by atoms with Gasteiger partial charge in [-0.2, -0.15) is 0 Å². The summed E-state index contributed by atoms with van der Waals surface area (Å²) in [6.45, 7) is 4.91. The molecule has 0 spiro atoms. The molecule has 0 saturated carbocycles. The number of benzene rings is 1. The number of amides is 3. The van der Waals surface area contributed by atoms with Crippen LogP contribution in [0.4, 0.5) is 10.5 Å². The van der Waals surface area contributed by atoms with Crippen molar-refractivity contribution in [2.75, 3.05) is 31.2 Å². The van der Waals surface area contributed by atoms with Crippen molar-refractivity contribution in [3.05, 3.63) is 29.8 Å². The second-order valence-corrected chi connectivity index (χ2v) is 5.18. The molecule has 1 atom stereocenters. The highest BCUT2D eigenvalue weighted by Crippen LogP contribution is 2.26. The van der Waals surface area contributed by atoms with Crippen molar-refractivity contribution in [1.82, 2.24) is 10.6 Å². The summed E-state index contributed by atoms with van der Waals surface area (Å²) in [6.07, 6.45) is 0. The Labute approximate surface area is 117 Å².